The van der Waals surface area contributed by atoms with Gasteiger partial charge in [-0.3, -0.25) is 4.90 Å². The molecule has 0 spiro atoms. The number of rotatable bonds is 3. The molecule has 1 aromatic heterocycles. The highest BCUT2D eigenvalue weighted by Crippen LogP contribution is 2.28. The van der Waals surface area contributed by atoms with Crippen molar-refractivity contribution in [3.05, 3.63) is 34.6 Å². The van der Waals surface area contributed by atoms with Crippen LogP contribution in [0.4, 0.5) is 0 Å². The Labute approximate surface area is 131 Å². The van der Waals surface area contributed by atoms with Crippen molar-refractivity contribution in [2.75, 3.05) is 26.2 Å². The number of hydrogen-bond donors (Lipinski definition) is 1. The minimum atomic E-state index is 0.596. The van der Waals surface area contributed by atoms with Crippen LogP contribution in [0.5, 0.6) is 0 Å². The standard InChI is InChI=1S/C15H17BrN4O/c16-13-3-1-10(2-4-13)15-19-18-14(21-15)9-20-7-11-5-17-6-12(11)8-20/h1-4,11-12,17H,5-9H2/t11-,12+. The van der Waals surface area contributed by atoms with Gasteiger partial charge in [-0.25, -0.2) is 0 Å². The highest BCUT2D eigenvalue weighted by molar-refractivity contribution is 9.10. The maximum atomic E-state index is 5.80. The fourth-order valence-corrected chi connectivity index (χ4v) is 3.56. The predicted molar refractivity (Wildman–Crippen MR) is 82.6 cm³/mol. The Morgan fingerprint density at radius 3 is 2.57 bits per heavy atom. The molecule has 6 heteroatoms. The van der Waals surface area contributed by atoms with Crippen LogP contribution in [0.15, 0.2) is 33.2 Å². The van der Waals surface area contributed by atoms with E-state index in [1.165, 1.54) is 0 Å². The third-order valence-corrected chi connectivity index (χ3v) is 4.91. The number of nitrogens with one attached hydrogen (secondary N) is 1. The first kappa shape index (κ1) is 13.4. The van der Waals surface area contributed by atoms with Crippen molar-refractivity contribution in [1.29, 1.82) is 0 Å². The number of fused-ring (bicyclic) bond motifs is 1. The summed E-state index contributed by atoms with van der Waals surface area (Å²) in [6.07, 6.45) is 0. The summed E-state index contributed by atoms with van der Waals surface area (Å²) in [6.45, 7) is 5.32. The molecule has 0 saturated carbocycles. The molecule has 2 atom stereocenters. The van der Waals surface area contributed by atoms with Gasteiger partial charge >= 0.3 is 0 Å². The first-order chi connectivity index (χ1) is 10.3. The molecule has 2 saturated heterocycles. The molecule has 0 unspecified atom stereocenters. The predicted octanol–water partition coefficient (Wildman–Crippen LogP) is 2.15. The van der Waals surface area contributed by atoms with E-state index in [-0.39, 0.29) is 0 Å². The molecular weight excluding hydrogens is 332 g/mol. The van der Waals surface area contributed by atoms with Gasteiger partial charge in [-0.2, -0.15) is 0 Å². The summed E-state index contributed by atoms with van der Waals surface area (Å²) in [4.78, 5) is 2.43. The number of nitrogens with zero attached hydrogens (tertiary/aromatic N) is 3. The van der Waals surface area contributed by atoms with Gasteiger partial charge in [0, 0.05) is 23.1 Å². The molecule has 0 radical (unpaired) electrons. The fourth-order valence-electron chi connectivity index (χ4n) is 3.30. The van der Waals surface area contributed by atoms with Crippen LogP contribution in [0.25, 0.3) is 11.5 Å². The largest absolute Gasteiger partial charge is 0.419 e. The molecule has 2 aromatic rings. The number of aromatic nitrogens is 2. The third-order valence-electron chi connectivity index (χ3n) is 4.38. The zero-order valence-corrected chi connectivity index (χ0v) is 13.2. The average molecular weight is 349 g/mol. The summed E-state index contributed by atoms with van der Waals surface area (Å²) < 4.78 is 6.84. The maximum Gasteiger partial charge on any atom is 0.247 e. The van der Waals surface area contributed by atoms with Crippen LogP contribution < -0.4 is 5.32 Å². The molecule has 1 aromatic carbocycles. The smallest absolute Gasteiger partial charge is 0.247 e. The van der Waals surface area contributed by atoms with Crippen molar-refractivity contribution >= 4 is 15.9 Å². The Bertz CT molecular complexity index is 615. The molecule has 4 rings (SSSR count). The highest BCUT2D eigenvalue weighted by Gasteiger charge is 2.36. The molecule has 5 nitrogen and oxygen atoms in total. The molecule has 0 bridgehead atoms. The first-order valence-corrected chi connectivity index (χ1v) is 8.08. The maximum absolute atomic E-state index is 5.80. The minimum absolute atomic E-state index is 0.596. The van der Waals surface area contributed by atoms with Crippen LogP contribution in [0.1, 0.15) is 5.89 Å². The average Bonchev–Trinajstić information content (AvgIpc) is 3.16. The second-order valence-electron chi connectivity index (χ2n) is 5.88. The van der Waals surface area contributed by atoms with E-state index in [2.05, 4.69) is 36.3 Å². The summed E-state index contributed by atoms with van der Waals surface area (Å²) in [6, 6.07) is 7.92. The van der Waals surface area contributed by atoms with E-state index in [0.29, 0.717) is 11.8 Å². The summed E-state index contributed by atoms with van der Waals surface area (Å²) >= 11 is 3.43. The molecule has 2 aliphatic rings. The molecule has 21 heavy (non-hydrogen) atoms. The zero-order valence-electron chi connectivity index (χ0n) is 11.6. The van der Waals surface area contributed by atoms with Crippen molar-refractivity contribution in [3.8, 4) is 11.5 Å². The summed E-state index contributed by atoms with van der Waals surface area (Å²) in [5, 5.41) is 11.8. The van der Waals surface area contributed by atoms with E-state index in [1.54, 1.807) is 0 Å². The zero-order chi connectivity index (χ0) is 14.2. The van der Waals surface area contributed by atoms with Crippen molar-refractivity contribution in [2.24, 2.45) is 11.8 Å². The molecular formula is C15H17BrN4O. The summed E-state index contributed by atoms with van der Waals surface area (Å²) in [7, 11) is 0. The summed E-state index contributed by atoms with van der Waals surface area (Å²) in [5.41, 5.74) is 0.958. The second kappa shape index (κ2) is 5.51. The van der Waals surface area contributed by atoms with E-state index in [0.717, 1.165) is 54.6 Å². The fraction of sp³-hybridized carbons (Fsp3) is 0.467. The lowest BCUT2D eigenvalue weighted by Crippen LogP contribution is -2.25. The lowest BCUT2D eigenvalue weighted by molar-refractivity contribution is 0.273. The van der Waals surface area contributed by atoms with Crippen LogP contribution in [0, 0.1) is 11.8 Å². The van der Waals surface area contributed by atoms with Gasteiger partial charge in [-0.1, -0.05) is 15.9 Å². The van der Waals surface area contributed by atoms with Crippen LogP contribution in [-0.2, 0) is 6.54 Å². The Morgan fingerprint density at radius 2 is 1.86 bits per heavy atom. The molecule has 110 valence electrons. The Balaban J connectivity index is 1.44. The van der Waals surface area contributed by atoms with Gasteiger partial charge in [0.1, 0.15) is 0 Å². The van der Waals surface area contributed by atoms with Gasteiger partial charge in [0.2, 0.25) is 11.8 Å². The van der Waals surface area contributed by atoms with Gasteiger partial charge in [0.25, 0.3) is 0 Å². The Hall–Kier alpha value is -1.24. The van der Waals surface area contributed by atoms with E-state index < -0.39 is 0 Å². The van der Waals surface area contributed by atoms with Crippen molar-refractivity contribution in [1.82, 2.24) is 20.4 Å². The topological polar surface area (TPSA) is 54.2 Å². The quantitative estimate of drug-likeness (QED) is 0.920. The SMILES string of the molecule is Brc1ccc(-c2nnc(CN3C[C@H]4CNC[C@H]4C3)o2)cc1. The van der Waals surface area contributed by atoms with Gasteiger partial charge in [-0.05, 0) is 49.2 Å². The highest BCUT2D eigenvalue weighted by atomic mass is 79.9. The first-order valence-electron chi connectivity index (χ1n) is 7.29. The van der Waals surface area contributed by atoms with E-state index in [4.69, 9.17) is 4.42 Å². The van der Waals surface area contributed by atoms with E-state index in [1.807, 2.05) is 24.3 Å². The van der Waals surface area contributed by atoms with Crippen molar-refractivity contribution in [3.63, 3.8) is 0 Å². The monoisotopic (exact) mass is 348 g/mol. The van der Waals surface area contributed by atoms with Gasteiger partial charge in [-0.15, -0.1) is 10.2 Å². The Kier molecular flexibility index (Phi) is 3.52. The molecule has 2 fully saturated rings. The number of hydrogen-bond acceptors (Lipinski definition) is 5. The van der Waals surface area contributed by atoms with Gasteiger partial charge in [0.05, 0.1) is 6.54 Å². The number of benzene rings is 1. The number of likely N-dealkylation sites (tertiary alicyclic amines) is 1. The van der Waals surface area contributed by atoms with Crippen LogP contribution in [-0.4, -0.2) is 41.3 Å². The van der Waals surface area contributed by atoms with E-state index >= 15 is 0 Å². The molecule has 0 amide bonds. The van der Waals surface area contributed by atoms with Crippen molar-refractivity contribution < 1.29 is 4.42 Å². The van der Waals surface area contributed by atoms with Crippen LogP contribution in [0.3, 0.4) is 0 Å². The lowest BCUT2D eigenvalue weighted by atomic mass is 10.0. The number of halogens is 1. The molecule has 3 heterocycles. The normalized spacial score (nSPS) is 25.4. The summed E-state index contributed by atoms with van der Waals surface area (Å²) in [5.74, 6) is 2.89. The van der Waals surface area contributed by atoms with E-state index in [9.17, 15) is 0 Å². The molecule has 1 N–H and O–H groups in total. The molecule has 0 aliphatic carbocycles. The van der Waals surface area contributed by atoms with Crippen LogP contribution in [0.2, 0.25) is 0 Å². The second-order valence-corrected chi connectivity index (χ2v) is 6.80. The van der Waals surface area contributed by atoms with Gasteiger partial charge < -0.3 is 9.73 Å². The minimum Gasteiger partial charge on any atom is -0.419 e. The van der Waals surface area contributed by atoms with Crippen molar-refractivity contribution in [2.45, 2.75) is 6.54 Å². The van der Waals surface area contributed by atoms with Gasteiger partial charge in [0.15, 0.2) is 0 Å². The third kappa shape index (κ3) is 2.75. The molecule has 2 aliphatic heterocycles. The lowest BCUT2D eigenvalue weighted by Gasteiger charge is -2.13. The Morgan fingerprint density at radius 1 is 1.14 bits per heavy atom. The van der Waals surface area contributed by atoms with Crippen LogP contribution >= 0.6 is 15.9 Å².